The summed E-state index contributed by atoms with van der Waals surface area (Å²) < 4.78 is 0. The fourth-order valence-corrected chi connectivity index (χ4v) is 2.62. The quantitative estimate of drug-likeness (QED) is 0.738. The number of rotatable bonds is 7. The molecule has 1 aliphatic rings. The molecule has 5 heteroatoms. The Labute approximate surface area is 124 Å². The van der Waals surface area contributed by atoms with Crippen LogP contribution in [0.15, 0.2) is 0 Å². The second-order valence-electron chi connectivity index (χ2n) is 6.47. The Kier molecular flexibility index (Phi) is 7.48. The number of carbonyl (C=O) groups is 1. The molecule has 1 unspecified atom stereocenters. The summed E-state index contributed by atoms with van der Waals surface area (Å²) in [4.78, 5) is 19.1. The van der Waals surface area contributed by atoms with Crippen LogP contribution in [0.2, 0.25) is 0 Å². The summed E-state index contributed by atoms with van der Waals surface area (Å²) >= 11 is 0. The van der Waals surface area contributed by atoms with Crippen molar-refractivity contribution in [2.45, 2.75) is 32.2 Å². The first kappa shape index (κ1) is 17.4. The maximum absolute atomic E-state index is 12.5. The third-order valence-electron chi connectivity index (χ3n) is 4.16. The second-order valence-corrected chi connectivity index (χ2v) is 6.47. The lowest BCUT2D eigenvalue weighted by molar-refractivity contribution is -0.135. The molecule has 1 fully saturated rings. The van der Waals surface area contributed by atoms with Gasteiger partial charge in [-0.2, -0.15) is 0 Å². The van der Waals surface area contributed by atoms with E-state index in [0.717, 1.165) is 39.0 Å². The Hall–Kier alpha value is -0.650. The first-order chi connectivity index (χ1) is 9.43. The van der Waals surface area contributed by atoms with E-state index >= 15 is 0 Å². The van der Waals surface area contributed by atoms with Crippen LogP contribution >= 0.6 is 0 Å². The summed E-state index contributed by atoms with van der Waals surface area (Å²) in [6.45, 7) is 6.57. The van der Waals surface area contributed by atoms with E-state index in [-0.39, 0.29) is 11.8 Å². The molecule has 1 amide bonds. The minimum atomic E-state index is 0.274. The molecule has 0 saturated carbocycles. The van der Waals surface area contributed by atoms with Crippen LogP contribution in [-0.2, 0) is 4.79 Å². The van der Waals surface area contributed by atoms with Crippen LogP contribution in [0.4, 0.5) is 0 Å². The standard InChI is InChI=1S/C15H32N4O/c1-13(12-16)11-15(20)19(10-9-17(2)3)14-5-7-18(4)8-6-14/h13-14H,5-12,16H2,1-4H3. The molecule has 1 heterocycles. The molecule has 20 heavy (non-hydrogen) atoms. The number of piperidine rings is 1. The van der Waals surface area contributed by atoms with E-state index in [1.807, 2.05) is 0 Å². The fourth-order valence-electron chi connectivity index (χ4n) is 2.62. The molecule has 0 aromatic carbocycles. The molecule has 2 N–H and O–H groups in total. The van der Waals surface area contributed by atoms with E-state index in [2.05, 4.69) is 42.8 Å². The van der Waals surface area contributed by atoms with E-state index in [1.165, 1.54) is 0 Å². The monoisotopic (exact) mass is 284 g/mol. The van der Waals surface area contributed by atoms with Crippen LogP contribution in [0.3, 0.4) is 0 Å². The number of nitrogens with two attached hydrogens (primary N) is 1. The molecule has 1 rings (SSSR count). The van der Waals surface area contributed by atoms with Gasteiger partial charge in [0.15, 0.2) is 0 Å². The Morgan fingerprint density at radius 1 is 1.30 bits per heavy atom. The predicted molar refractivity (Wildman–Crippen MR) is 83.6 cm³/mol. The fraction of sp³-hybridized carbons (Fsp3) is 0.933. The summed E-state index contributed by atoms with van der Waals surface area (Å²) in [5.41, 5.74) is 5.65. The van der Waals surface area contributed by atoms with Gasteiger partial charge in [0.1, 0.15) is 0 Å². The Balaban J connectivity index is 2.61. The molecule has 0 radical (unpaired) electrons. The van der Waals surface area contributed by atoms with Gasteiger partial charge < -0.3 is 20.4 Å². The topological polar surface area (TPSA) is 52.8 Å². The SMILES string of the molecule is CC(CN)CC(=O)N(CCN(C)C)C1CCN(C)CC1. The molecular weight excluding hydrogens is 252 g/mol. The van der Waals surface area contributed by atoms with Gasteiger partial charge in [-0.3, -0.25) is 4.79 Å². The summed E-state index contributed by atoms with van der Waals surface area (Å²) in [5, 5.41) is 0. The van der Waals surface area contributed by atoms with E-state index in [1.54, 1.807) is 0 Å². The van der Waals surface area contributed by atoms with Crippen LogP contribution in [0, 0.1) is 5.92 Å². The lowest BCUT2D eigenvalue weighted by Gasteiger charge is -2.38. The zero-order valence-corrected chi connectivity index (χ0v) is 13.6. The van der Waals surface area contributed by atoms with Crippen LogP contribution in [0.25, 0.3) is 0 Å². The van der Waals surface area contributed by atoms with Crippen LogP contribution in [-0.4, -0.2) is 80.5 Å². The van der Waals surface area contributed by atoms with Gasteiger partial charge in [0.2, 0.25) is 5.91 Å². The Morgan fingerprint density at radius 2 is 1.90 bits per heavy atom. The van der Waals surface area contributed by atoms with Gasteiger partial charge in [0.05, 0.1) is 0 Å². The molecular formula is C15H32N4O. The smallest absolute Gasteiger partial charge is 0.223 e. The molecule has 5 nitrogen and oxygen atoms in total. The van der Waals surface area contributed by atoms with Gasteiger partial charge >= 0.3 is 0 Å². The maximum Gasteiger partial charge on any atom is 0.223 e. The molecule has 1 saturated heterocycles. The average molecular weight is 284 g/mol. The van der Waals surface area contributed by atoms with Crippen LogP contribution in [0.1, 0.15) is 26.2 Å². The Morgan fingerprint density at radius 3 is 2.40 bits per heavy atom. The zero-order valence-electron chi connectivity index (χ0n) is 13.6. The van der Waals surface area contributed by atoms with E-state index in [0.29, 0.717) is 19.0 Å². The van der Waals surface area contributed by atoms with Gasteiger partial charge in [-0.15, -0.1) is 0 Å². The van der Waals surface area contributed by atoms with Crippen molar-refractivity contribution in [2.75, 3.05) is 53.9 Å². The van der Waals surface area contributed by atoms with Gasteiger partial charge in [-0.25, -0.2) is 0 Å². The number of likely N-dealkylation sites (N-methyl/N-ethyl adjacent to an activating group) is 1. The van der Waals surface area contributed by atoms with Crippen LogP contribution in [0.5, 0.6) is 0 Å². The van der Waals surface area contributed by atoms with Crippen molar-refractivity contribution in [1.29, 1.82) is 0 Å². The number of hydrogen-bond donors (Lipinski definition) is 1. The van der Waals surface area contributed by atoms with Gasteiger partial charge in [0.25, 0.3) is 0 Å². The number of likely N-dealkylation sites (tertiary alicyclic amines) is 1. The van der Waals surface area contributed by atoms with Crippen molar-refractivity contribution in [3.8, 4) is 0 Å². The maximum atomic E-state index is 12.5. The molecule has 0 aromatic rings. The van der Waals surface area contributed by atoms with E-state index < -0.39 is 0 Å². The first-order valence-electron chi connectivity index (χ1n) is 7.76. The molecule has 0 aliphatic carbocycles. The number of hydrogen-bond acceptors (Lipinski definition) is 4. The van der Waals surface area contributed by atoms with Crippen molar-refractivity contribution in [3.05, 3.63) is 0 Å². The number of amides is 1. The van der Waals surface area contributed by atoms with Gasteiger partial charge in [0, 0.05) is 25.6 Å². The molecule has 0 aromatic heterocycles. The summed E-state index contributed by atoms with van der Waals surface area (Å²) in [6, 6.07) is 0.406. The van der Waals surface area contributed by atoms with Gasteiger partial charge in [-0.05, 0) is 59.5 Å². The third kappa shape index (κ3) is 5.77. The normalized spacial score (nSPS) is 19.3. The third-order valence-corrected chi connectivity index (χ3v) is 4.16. The lowest BCUT2D eigenvalue weighted by Crippen LogP contribution is -2.49. The van der Waals surface area contributed by atoms with Crippen molar-refractivity contribution >= 4 is 5.91 Å². The lowest BCUT2D eigenvalue weighted by atomic mass is 10.0. The minimum absolute atomic E-state index is 0.274. The van der Waals surface area contributed by atoms with Crippen LogP contribution < -0.4 is 5.73 Å². The highest BCUT2D eigenvalue weighted by Gasteiger charge is 2.27. The first-order valence-corrected chi connectivity index (χ1v) is 7.76. The number of nitrogens with zero attached hydrogens (tertiary/aromatic N) is 3. The minimum Gasteiger partial charge on any atom is -0.338 e. The van der Waals surface area contributed by atoms with E-state index in [4.69, 9.17) is 5.73 Å². The molecule has 1 aliphatic heterocycles. The zero-order chi connectivity index (χ0) is 15.1. The predicted octanol–water partition coefficient (Wildman–Crippen LogP) is 0.456. The molecule has 0 spiro atoms. The van der Waals surface area contributed by atoms with Crippen molar-refractivity contribution < 1.29 is 4.79 Å². The second kappa shape index (κ2) is 8.60. The largest absolute Gasteiger partial charge is 0.338 e. The van der Waals surface area contributed by atoms with Crippen molar-refractivity contribution in [2.24, 2.45) is 11.7 Å². The number of carbonyl (C=O) groups excluding carboxylic acids is 1. The molecule has 0 bridgehead atoms. The van der Waals surface area contributed by atoms with Gasteiger partial charge in [-0.1, -0.05) is 6.92 Å². The van der Waals surface area contributed by atoms with Crippen molar-refractivity contribution in [1.82, 2.24) is 14.7 Å². The summed E-state index contributed by atoms with van der Waals surface area (Å²) in [6.07, 6.45) is 2.76. The highest BCUT2D eigenvalue weighted by Crippen LogP contribution is 2.17. The highest BCUT2D eigenvalue weighted by molar-refractivity contribution is 5.76. The molecule has 1 atom stereocenters. The summed E-state index contributed by atoms with van der Waals surface area (Å²) in [7, 11) is 6.26. The highest BCUT2D eigenvalue weighted by atomic mass is 16.2. The average Bonchev–Trinajstić information content (AvgIpc) is 2.40. The van der Waals surface area contributed by atoms with E-state index in [9.17, 15) is 4.79 Å². The Bertz CT molecular complexity index is 288. The van der Waals surface area contributed by atoms with Crippen molar-refractivity contribution in [3.63, 3.8) is 0 Å². The molecule has 118 valence electrons. The summed E-state index contributed by atoms with van der Waals surface area (Å²) in [5.74, 6) is 0.551.